The second-order valence-corrected chi connectivity index (χ2v) is 4.83. The van der Waals surface area contributed by atoms with Gasteiger partial charge in [0.1, 0.15) is 5.82 Å². The van der Waals surface area contributed by atoms with Gasteiger partial charge in [0.15, 0.2) is 0 Å². The van der Waals surface area contributed by atoms with Crippen LogP contribution in [0.3, 0.4) is 0 Å². The predicted octanol–water partition coefficient (Wildman–Crippen LogP) is 2.44. The van der Waals surface area contributed by atoms with Gasteiger partial charge in [0.2, 0.25) is 0 Å². The van der Waals surface area contributed by atoms with Gasteiger partial charge in [-0.15, -0.1) is 0 Å². The quantitative estimate of drug-likeness (QED) is 0.819. The molecule has 18 heavy (non-hydrogen) atoms. The highest BCUT2D eigenvalue weighted by atomic mass is 19.1. The van der Waals surface area contributed by atoms with Crippen LogP contribution in [-0.2, 0) is 0 Å². The van der Waals surface area contributed by atoms with E-state index in [-0.39, 0.29) is 24.5 Å². The van der Waals surface area contributed by atoms with E-state index in [0.717, 1.165) is 5.69 Å². The lowest BCUT2D eigenvalue weighted by molar-refractivity contribution is 0.288. The molecule has 0 aliphatic carbocycles. The molecule has 0 amide bonds. The van der Waals surface area contributed by atoms with Crippen molar-refractivity contribution in [1.82, 2.24) is 0 Å². The Bertz CT molecular complexity index is 380. The van der Waals surface area contributed by atoms with Crippen molar-refractivity contribution in [2.24, 2.45) is 5.73 Å². The highest BCUT2D eigenvalue weighted by Gasteiger charge is 2.19. The van der Waals surface area contributed by atoms with E-state index in [4.69, 9.17) is 10.8 Å². The molecule has 0 aromatic heterocycles. The monoisotopic (exact) mass is 254 g/mol. The van der Waals surface area contributed by atoms with Gasteiger partial charge in [-0.3, -0.25) is 0 Å². The topological polar surface area (TPSA) is 49.5 Å². The third-order valence-electron chi connectivity index (χ3n) is 2.98. The number of halogens is 1. The maximum Gasteiger partial charge on any atom is 0.130 e. The molecule has 1 rings (SSSR count). The lowest BCUT2D eigenvalue weighted by Gasteiger charge is -2.31. The van der Waals surface area contributed by atoms with E-state index in [1.807, 2.05) is 19.9 Å². The summed E-state index contributed by atoms with van der Waals surface area (Å²) in [4.78, 5) is 2.08. The summed E-state index contributed by atoms with van der Waals surface area (Å²) in [7, 11) is 0. The second-order valence-electron chi connectivity index (χ2n) is 4.83. The summed E-state index contributed by atoms with van der Waals surface area (Å²) >= 11 is 0. The van der Waals surface area contributed by atoms with Crippen LogP contribution in [0.1, 0.15) is 38.8 Å². The molecule has 1 aromatic rings. The minimum absolute atomic E-state index is 0.131. The van der Waals surface area contributed by atoms with Gasteiger partial charge in [-0.1, -0.05) is 6.07 Å². The maximum atomic E-state index is 13.9. The van der Waals surface area contributed by atoms with Gasteiger partial charge in [0.25, 0.3) is 0 Å². The number of nitrogens with zero attached hydrogens (tertiary/aromatic N) is 1. The van der Waals surface area contributed by atoms with Crippen LogP contribution in [0.25, 0.3) is 0 Å². The first-order chi connectivity index (χ1) is 8.49. The van der Waals surface area contributed by atoms with Crippen LogP contribution in [0, 0.1) is 5.82 Å². The first-order valence-corrected chi connectivity index (χ1v) is 6.40. The number of rotatable bonds is 6. The largest absolute Gasteiger partial charge is 0.396 e. The SMILES string of the molecule is CC(C)N(CCCO)c1cccc(F)c1[C@H](C)N. The van der Waals surface area contributed by atoms with Crippen molar-refractivity contribution in [1.29, 1.82) is 0 Å². The Morgan fingerprint density at radius 2 is 2.00 bits per heavy atom. The molecule has 0 heterocycles. The molecule has 0 aliphatic heterocycles. The number of aliphatic hydroxyl groups excluding tert-OH is 1. The second kappa shape index (κ2) is 6.71. The minimum Gasteiger partial charge on any atom is -0.396 e. The van der Waals surface area contributed by atoms with Crippen LogP contribution in [0.5, 0.6) is 0 Å². The normalized spacial score (nSPS) is 12.8. The number of anilines is 1. The summed E-state index contributed by atoms with van der Waals surface area (Å²) < 4.78 is 13.9. The number of aliphatic hydroxyl groups is 1. The number of benzene rings is 1. The standard InChI is InChI=1S/C14H23FN2O/c1-10(2)17(8-5-9-18)13-7-4-6-12(15)14(13)11(3)16/h4,6-7,10-11,18H,5,8-9,16H2,1-3H3/t11-/m0/s1. The molecule has 0 bridgehead atoms. The van der Waals surface area contributed by atoms with Crippen LogP contribution < -0.4 is 10.6 Å². The first kappa shape index (κ1) is 14.9. The van der Waals surface area contributed by atoms with Gasteiger partial charge in [0.05, 0.1) is 0 Å². The molecule has 102 valence electrons. The Morgan fingerprint density at radius 1 is 1.33 bits per heavy atom. The van der Waals surface area contributed by atoms with E-state index in [2.05, 4.69) is 4.90 Å². The molecule has 0 unspecified atom stereocenters. The molecule has 1 atom stereocenters. The molecular weight excluding hydrogens is 231 g/mol. The number of hydrogen-bond donors (Lipinski definition) is 2. The van der Waals surface area contributed by atoms with Gasteiger partial charge >= 0.3 is 0 Å². The molecule has 0 spiro atoms. The fourth-order valence-electron chi connectivity index (χ4n) is 2.12. The molecule has 3 N–H and O–H groups in total. The number of nitrogens with two attached hydrogens (primary N) is 1. The third-order valence-corrected chi connectivity index (χ3v) is 2.98. The Kier molecular flexibility index (Phi) is 5.56. The zero-order valence-electron chi connectivity index (χ0n) is 11.4. The van der Waals surface area contributed by atoms with Crippen LogP contribution >= 0.6 is 0 Å². The molecule has 1 aromatic carbocycles. The third kappa shape index (κ3) is 3.43. The van der Waals surface area contributed by atoms with E-state index in [9.17, 15) is 4.39 Å². The first-order valence-electron chi connectivity index (χ1n) is 6.40. The van der Waals surface area contributed by atoms with Gasteiger partial charge in [0, 0.05) is 36.5 Å². The lowest BCUT2D eigenvalue weighted by Crippen LogP contribution is -2.34. The maximum absolute atomic E-state index is 13.9. The molecule has 4 heteroatoms. The van der Waals surface area contributed by atoms with Gasteiger partial charge in [-0.2, -0.15) is 0 Å². The zero-order valence-corrected chi connectivity index (χ0v) is 11.4. The van der Waals surface area contributed by atoms with Gasteiger partial charge in [-0.25, -0.2) is 4.39 Å². The number of hydrogen-bond acceptors (Lipinski definition) is 3. The Hall–Kier alpha value is -1.13. The molecule has 0 radical (unpaired) electrons. The molecule has 0 saturated heterocycles. The minimum atomic E-state index is -0.350. The van der Waals surface area contributed by atoms with Crippen molar-refractivity contribution in [3.05, 3.63) is 29.6 Å². The van der Waals surface area contributed by atoms with Crippen molar-refractivity contribution in [2.75, 3.05) is 18.1 Å². The fourth-order valence-corrected chi connectivity index (χ4v) is 2.12. The molecule has 0 aliphatic rings. The smallest absolute Gasteiger partial charge is 0.130 e. The van der Waals surface area contributed by atoms with Crippen molar-refractivity contribution >= 4 is 5.69 Å². The van der Waals surface area contributed by atoms with Crippen molar-refractivity contribution < 1.29 is 9.50 Å². The van der Waals surface area contributed by atoms with E-state index in [1.54, 1.807) is 13.0 Å². The van der Waals surface area contributed by atoms with Crippen molar-refractivity contribution in [3.63, 3.8) is 0 Å². The van der Waals surface area contributed by atoms with Crippen molar-refractivity contribution in [2.45, 2.75) is 39.3 Å². The summed E-state index contributed by atoms with van der Waals surface area (Å²) in [6, 6.07) is 4.91. The van der Waals surface area contributed by atoms with Gasteiger partial charge in [-0.05, 0) is 39.3 Å². The van der Waals surface area contributed by atoms with E-state index in [0.29, 0.717) is 18.5 Å². The van der Waals surface area contributed by atoms with Crippen LogP contribution in [0.4, 0.5) is 10.1 Å². The Morgan fingerprint density at radius 3 is 2.50 bits per heavy atom. The molecule has 3 nitrogen and oxygen atoms in total. The van der Waals surface area contributed by atoms with Gasteiger partial charge < -0.3 is 15.7 Å². The highest BCUT2D eigenvalue weighted by Crippen LogP contribution is 2.29. The lowest BCUT2D eigenvalue weighted by atomic mass is 10.0. The average molecular weight is 254 g/mol. The van der Waals surface area contributed by atoms with Crippen LogP contribution in [-0.4, -0.2) is 24.3 Å². The van der Waals surface area contributed by atoms with Crippen LogP contribution in [0.15, 0.2) is 18.2 Å². The summed E-state index contributed by atoms with van der Waals surface area (Å²) in [5.41, 5.74) is 7.24. The highest BCUT2D eigenvalue weighted by molar-refractivity contribution is 5.56. The Labute approximate surface area is 108 Å². The summed E-state index contributed by atoms with van der Waals surface area (Å²) in [6.07, 6.45) is 0.660. The van der Waals surface area contributed by atoms with Crippen molar-refractivity contribution in [3.8, 4) is 0 Å². The van der Waals surface area contributed by atoms with E-state index in [1.165, 1.54) is 6.07 Å². The molecule has 0 fully saturated rings. The summed E-state index contributed by atoms with van der Waals surface area (Å²) in [5.74, 6) is -0.267. The predicted molar refractivity (Wildman–Crippen MR) is 73.2 cm³/mol. The summed E-state index contributed by atoms with van der Waals surface area (Å²) in [6.45, 7) is 6.70. The van der Waals surface area contributed by atoms with Crippen LogP contribution in [0.2, 0.25) is 0 Å². The summed E-state index contributed by atoms with van der Waals surface area (Å²) in [5, 5.41) is 8.95. The fraction of sp³-hybridized carbons (Fsp3) is 0.571. The zero-order chi connectivity index (χ0) is 13.7. The molecular formula is C14H23FN2O. The van der Waals surface area contributed by atoms with E-state index >= 15 is 0 Å². The average Bonchev–Trinajstić information content (AvgIpc) is 2.28. The molecule has 0 saturated carbocycles. The Balaban J connectivity index is 3.14. The van der Waals surface area contributed by atoms with E-state index < -0.39 is 0 Å².